The standard InChI is InChI=1S/C13H11ClF4N2/c1-2-11-19-7-8-20(11)13(17,18)12(15,16)9-3-5-10(14)6-4-9/h3-8H,2H2,1H3. The fourth-order valence-corrected chi connectivity index (χ4v) is 1.96. The molecule has 1 aromatic carbocycles. The normalized spacial score (nSPS) is 12.7. The van der Waals surface area contributed by atoms with Crippen molar-refractivity contribution < 1.29 is 17.6 Å². The minimum Gasteiger partial charge on any atom is -0.269 e. The van der Waals surface area contributed by atoms with Gasteiger partial charge in [0.1, 0.15) is 5.82 Å². The van der Waals surface area contributed by atoms with Crippen LogP contribution in [0.1, 0.15) is 18.3 Å². The lowest BCUT2D eigenvalue weighted by atomic mass is 10.1. The number of hydrogen-bond acceptors (Lipinski definition) is 1. The molecule has 0 aliphatic carbocycles. The van der Waals surface area contributed by atoms with Gasteiger partial charge in [0.05, 0.1) is 0 Å². The molecule has 0 fully saturated rings. The highest BCUT2D eigenvalue weighted by Crippen LogP contribution is 2.46. The first-order valence-corrected chi connectivity index (χ1v) is 6.23. The van der Waals surface area contributed by atoms with Gasteiger partial charge in [-0.3, -0.25) is 4.57 Å². The van der Waals surface area contributed by atoms with E-state index in [9.17, 15) is 17.6 Å². The predicted molar refractivity (Wildman–Crippen MR) is 67.1 cm³/mol. The average molecular weight is 307 g/mol. The van der Waals surface area contributed by atoms with Gasteiger partial charge in [-0.05, 0) is 12.1 Å². The Kier molecular flexibility index (Phi) is 3.77. The SMILES string of the molecule is CCc1nccn1C(F)(F)C(F)(F)c1ccc(Cl)cc1. The molecule has 0 saturated heterocycles. The van der Waals surface area contributed by atoms with Crippen LogP contribution in [0.5, 0.6) is 0 Å². The highest BCUT2D eigenvalue weighted by atomic mass is 35.5. The Bertz CT molecular complexity index is 593. The Hall–Kier alpha value is -1.56. The third-order valence-corrected chi connectivity index (χ3v) is 3.17. The minimum absolute atomic E-state index is 0.108. The Morgan fingerprint density at radius 1 is 1.15 bits per heavy atom. The van der Waals surface area contributed by atoms with Crippen LogP contribution in [0.3, 0.4) is 0 Å². The third-order valence-electron chi connectivity index (χ3n) is 2.92. The molecule has 108 valence electrons. The summed E-state index contributed by atoms with van der Waals surface area (Å²) in [6.07, 6.45) is 2.05. The van der Waals surface area contributed by atoms with E-state index in [2.05, 4.69) is 4.98 Å². The van der Waals surface area contributed by atoms with Gasteiger partial charge in [0.25, 0.3) is 0 Å². The summed E-state index contributed by atoms with van der Waals surface area (Å²) in [6, 6.07) is -0.342. The quantitative estimate of drug-likeness (QED) is 0.764. The van der Waals surface area contributed by atoms with E-state index >= 15 is 0 Å². The second-order valence-electron chi connectivity index (χ2n) is 4.19. The maximum atomic E-state index is 14.1. The van der Waals surface area contributed by atoms with E-state index in [1.54, 1.807) is 6.92 Å². The van der Waals surface area contributed by atoms with Gasteiger partial charge >= 0.3 is 12.0 Å². The molecule has 1 aromatic heterocycles. The van der Waals surface area contributed by atoms with Gasteiger partial charge in [-0.2, -0.15) is 17.6 Å². The summed E-state index contributed by atoms with van der Waals surface area (Å²) in [5.41, 5.74) is -0.803. The zero-order valence-corrected chi connectivity index (χ0v) is 11.2. The number of nitrogens with zero attached hydrogens (tertiary/aromatic N) is 2. The molecule has 0 N–H and O–H groups in total. The van der Waals surface area contributed by atoms with Crippen molar-refractivity contribution in [3.63, 3.8) is 0 Å². The van der Waals surface area contributed by atoms with E-state index in [0.717, 1.165) is 36.7 Å². The number of alkyl halides is 4. The zero-order chi connectivity index (χ0) is 15.0. The molecule has 0 radical (unpaired) electrons. The molecular formula is C13H11ClF4N2. The van der Waals surface area contributed by atoms with Crippen molar-refractivity contribution in [2.24, 2.45) is 0 Å². The number of aryl methyl sites for hydroxylation is 1. The molecule has 0 aliphatic rings. The molecule has 0 unspecified atom stereocenters. The van der Waals surface area contributed by atoms with E-state index in [4.69, 9.17) is 11.6 Å². The van der Waals surface area contributed by atoms with Crippen LogP contribution in [-0.4, -0.2) is 9.55 Å². The van der Waals surface area contributed by atoms with Crippen LogP contribution >= 0.6 is 11.6 Å². The first-order chi connectivity index (χ1) is 9.30. The Balaban J connectivity index is 2.48. The molecule has 0 saturated carbocycles. The lowest BCUT2D eigenvalue weighted by molar-refractivity contribution is -0.268. The summed E-state index contributed by atoms with van der Waals surface area (Å²) < 4.78 is 56.7. The van der Waals surface area contributed by atoms with Crippen molar-refractivity contribution in [2.75, 3.05) is 0 Å². The summed E-state index contributed by atoms with van der Waals surface area (Å²) in [6.45, 7) is 1.56. The van der Waals surface area contributed by atoms with Gasteiger partial charge < -0.3 is 0 Å². The molecule has 1 heterocycles. The fourth-order valence-electron chi connectivity index (χ4n) is 1.84. The van der Waals surface area contributed by atoms with Crippen molar-refractivity contribution in [3.8, 4) is 0 Å². The first kappa shape index (κ1) is 14.8. The van der Waals surface area contributed by atoms with Crippen LogP contribution < -0.4 is 0 Å². The maximum absolute atomic E-state index is 14.1. The van der Waals surface area contributed by atoms with Gasteiger partial charge in [0, 0.05) is 29.4 Å². The molecule has 0 aliphatic heterocycles. The van der Waals surface area contributed by atoms with Gasteiger partial charge in [-0.1, -0.05) is 30.7 Å². The summed E-state index contributed by atoms with van der Waals surface area (Å²) in [5.74, 6) is -4.48. The number of rotatable bonds is 4. The topological polar surface area (TPSA) is 17.8 Å². The van der Waals surface area contributed by atoms with Gasteiger partial charge in [-0.15, -0.1) is 0 Å². The number of aromatic nitrogens is 2. The van der Waals surface area contributed by atoms with Crippen molar-refractivity contribution in [1.29, 1.82) is 0 Å². The molecule has 0 spiro atoms. The average Bonchev–Trinajstić information content (AvgIpc) is 2.88. The van der Waals surface area contributed by atoms with Crippen LogP contribution in [-0.2, 0) is 18.4 Å². The second kappa shape index (κ2) is 5.09. The van der Waals surface area contributed by atoms with Crippen LogP contribution in [0.4, 0.5) is 17.6 Å². The summed E-state index contributed by atoms with van der Waals surface area (Å²) in [4.78, 5) is 3.65. The number of halogens is 5. The molecule has 20 heavy (non-hydrogen) atoms. The second-order valence-corrected chi connectivity index (χ2v) is 4.63. The van der Waals surface area contributed by atoms with E-state index in [1.165, 1.54) is 0 Å². The first-order valence-electron chi connectivity index (χ1n) is 5.85. The summed E-state index contributed by atoms with van der Waals surface area (Å²) in [7, 11) is 0. The lowest BCUT2D eigenvalue weighted by Gasteiger charge is -2.28. The Labute approximate surface area is 118 Å². The summed E-state index contributed by atoms with van der Waals surface area (Å²) in [5, 5.41) is 0.199. The molecule has 2 rings (SSSR count). The Morgan fingerprint density at radius 3 is 2.30 bits per heavy atom. The Morgan fingerprint density at radius 2 is 1.75 bits per heavy atom. The highest BCUT2D eigenvalue weighted by Gasteiger charge is 2.59. The van der Waals surface area contributed by atoms with Gasteiger partial charge in [0.15, 0.2) is 0 Å². The molecular weight excluding hydrogens is 296 g/mol. The highest BCUT2D eigenvalue weighted by molar-refractivity contribution is 6.30. The smallest absolute Gasteiger partial charge is 0.269 e. The van der Waals surface area contributed by atoms with Crippen molar-refractivity contribution in [2.45, 2.75) is 25.3 Å². The van der Waals surface area contributed by atoms with E-state index < -0.39 is 17.5 Å². The number of hydrogen-bond donors (Lipinski definition) is 0. The van der Waals surface area contributed by atoms with E-state index in [-0.39, 0.29) is 21.8 Å². The largest absolute Gasteiger partial charge is 0.397 e. The molecule has 2 nitrogen and oxygen atoms in total. The third kappa shape index (κ3) is 2.28. The van der Waals surface area contributed by atoms with Crippen LogP contribution in [0.15, 0.2) is 36.7 Å². The molecule has 0 amide bonds. The molecule has 0 bridgehead atoms. The zero-order valence-electron chi connectivity index (χ0n) is 10.5. The van der Waals surface area contributed by atoms with Crippen molar-refractivity contribution in [3.05, 3.63) is 53.1 Å². The monoisotopic (exact) mass is 306 g/mol. The van der Waals surface area contributed by atoms with E-state index in [1.807, 2.05) is 0 Å². The molecule has 0 atom stereocenters. The van der Waals surface area contributed by atoms with E-state index in [0.29, 0.717) is 0 Å². The maximum Gasteiger partial charge on any atom is 0.397 e. The predicted octanol–water partition coefficient (Wildman–Crippen LogP) is 4.44. The lowest BCUT2D eigenvalue weighted by Crippen LogP contribution is -2.41. The number of imidazole rings is 1. The van der Waals surface area contributed by atoms with Crippen molar-refractivity contribution in [1.82, 2.24) is 9.55 Å². The fraction of sp³-hybridized carbons (Fsp3) is 0.308. The molecule has 2 aromatic rings. The minimum atomic E-state index is -4.41. The van der Waals surface area contributed by atoms with Gasteiger partial charge in [-0.25, -0.2) is 4.98 Å². The summed E-state index contributed by atoms with van der Waals surface area (Å²) >= 11 is 5.58. The van der Waals surface area contributed by atoms with Crippen LogP contribution in [0.2, 0.25) is 5.02 Å². The van der Waals surface area contributed by atoms with Crippen LogP contribution in [0.25, 0.3) is 0 Å². The molecule has 7 heteroatoms. The van der Waals surface area contributed by atoms with Gasteiger partial charge in [0.2, 0.25) is 0 Å². The van der Waals surface area contributed by atoms with Crippen molar-refractivity contribution >= 4 is 11.6 Å². The number of benzene rings is 1. The van der Waals surface area contributed by atoms with Crippen LogP contribution in [0, 0.1) is 0 Å².